The molecule has 0 aliphatic rings. The molecule has 0 bridgehead atoms. The Hall–Kier alpha value is -2.94. The lowest BCUT2D eigenvalue weighted by atomic mass is 10.1. The van der Waals surface area contributed by atoms with Crippen LogP contribution in [-0.2, 0) is 9.84 Å². The number of carbonyl (C=O) groups excluding carboxylic acids is 1. The monoisotopic (exact) mass is 392 g/mol. The summed E-state index contributed by atoms with van der Waals surface area (Å²) in [5, 5.41) is 11.1. The Morgan fingerprint density at radius 3 is 2.26 bits per heavy atom. The van der Waals surface area contributed by atoms with Gasteiger partial charge in [0.1, 0.15) is 0 Å². The Labute approximate surface area is 157 Å². The minimum atomic E-state index is -3.30. The van der Waals surface area contributed by atoms with Crippen LogP contribution in [-0.4, -0.2) is 44.6 Å². The molecule has 0 aromatic heterocycles. The van der Waals surface area contributed by atoms with E-state index in [4.69, 9.17) is 4.74 Å². The number of amides is 1. The summed E-state index contributed by atoms with van der Waals surface area (Å²) in [5.41, 5.74) is 0.604. The van der Waals surface area contributed by atoms with Gasteiger partial charge in [-0.15, -0.1) is 0 Å². The van der Waals surface area contributed by atoms with Crippen LogP contribution >= 0.6 is 0 Å². The van der Waals surface area contributed by atoms with Crippen LogP contribution in [0.2, 0.25) is 0 Å². The van der Waals surface area contributed by atoms with Crippen molar-refractivity contribution < 1.29 is 22.9 Å². The van der Waals surface area contributed by atoms with Crippen molar-refractivity contribution >= 4 is 21.4 Å². The number of carbonyl (C=O) groups is 1. The Balaban J connectivity index is 2.28. The molecule has 0 N–H and O–H groups in total. The highest BCUT2D eigenvalue weighted by atomic mass is 32.2. The van der Waals surface area contributed by atoms with E-state index in [0.29, 0.717) is 0 Å². The molecule has 1 amide bonds. The summed E-state index contributed by atoms with van der Waals surface area (Å²) in [7, 11) is -0.406. The minimum Gasteiger partial charge on any atom is -0.490 e. The molecule has 0 spiro atoms. The van der Waals surface area contributed by atoms with E-state index in [2.05, 4.69) is 0 Å². The van der Waals surface area contributed by atoms with Gasteiger partial charge in [0.15, 0.2) is 15.6 Å². The molecule has 2 aromatic rings. The molecule has 2 rings (SSSR count). The van der Waals surface area contributed by atoms with Crippen LogP contribution in [0.4, 0.5) is 5.69 Å². The third-order valence-electron chi connectivity index (χ3n) is 4.31. The van der Waals surface area contributed by atoms with Crippen LogP contribution in [0.1, 0.15) is 28.9 Å². The number of ether oxygens (including phenoxy) is 1. The van der Waals surface area contributed by atoms with E-state index in [1.165, 1.54) is 42.3 Å². The largest absolute Gasteiger partial charge is 0.490 e. The molecular formula is C18H20N2O6S. The van der Waals surface area contributed by atoms with E-state index < -0.39 is 20.7 Å². The van der Waals surface area contributed by atoms with Gasteiger partial charge in [-0.3, -0.25) is 14.9 Å². The SMILES string of the molecule is COc1ccc(C(=O)N(C)[C@@H](C)c2ccc(S(C)(=O)=O)cc2)cc1[N+](=O)[O-]. The van der Waals surface area contributed by atoms with Crippen LogP contribution in [0, 0.1) is 10.1 Å². The number of hydrogen-bond acceptors (Lipinski definition) is 6. The highest BCUT2D eigenvalue weighted by molar-refractivity contribution is 7.90. The second kappa shape index (κ2) is 7.75. The molecule has 0 aliphatic heterocycles. The van der Waals surface area contributed by atoms with Gasteiger partial charge in [0.05, 0.1) is 23.0 Å². The van der Waals surface area contributed by atoms with Gasteiger partial charge in [0, 0.05) is 24.9 Å². The first kappa shape index (κ1) is 20.4. The predicted molar refractivity (Wildman–Crippen MR) is 99.7 cm³/mol. The summed E-state index contributed by atoms with van der Waals surface area (Å²) in [5.74, 6) is -0.330. The number of hydrogen-bond donors (Lipinski definition) is 0. The lowest BCUT2D eigenvalue weighted by Crippen LogP contribution is -2.29. The number of sulfone groups is 1. The van der Waals surface area contributed by atoms with Crippen molar-refractivity contribution in [3.05, 3.63) is 63.7 Å². The Bertz CT molecular complexity index is 970. The van der Waals surface area contributed by atoms with Crippen molar-refractivity contribution in [1.29, 1.82) is 0 Å². The second-order valence-electron chi connectivity index (χ2n) is 6.08. The molecule has 0 aliphatic carbocycles. The maximum atomic E-state index is 12.7. The summed E-state index contributed by atoms with van der Waals surface area (Å²) in [6, 6.07) is 9.90. The lowest BCUT2D eigenvalue weighted by molar-refractivity contribution is -0.385. The van der Waals surface area contributed by atoms with Gasteiger partial charge in [-0.2, -0.15) is 0 Å². The summed E-state index contributed by atoms with van der Waals surface area (Å²) < 4.78 is 28.0. The fraction of sp³-hybridized carbons (Fsp3) is 0.278. The Morgan fingerprint density at radius 2 is 1.78 bits per heavy atom. The molecule has 0 saturated heterocycles. The Kier molecular flexibility index (Phi) is 5.85. The lowest BCUT2D eigenvalue weighted by Gasteiger charge is -2.25. The van der Waals surface area contributed by atoms with Crippen molar-refractivity contribution in [3.63, 3.8) is 0 Å². The van der Waals surface area contributed by atoms with E-state index in [1.807, 2.05) is 0 Å². The van der Waals surface area contributed by atoms with Gasteiger partial charge in [0.25, 0.3) is 5.91 Å². The standard InChI is InChI=1S/C18H20N2O6S/c1-12(13-5-8-15(9-6-13)27(4,24)25)19(2)18(21)14-7-10-17(26-3)16(11-14)20(22)23/h5-12H,1-4H3/t12-/m0/s1. The molecular weight excluding hydrogens is 372 g/mol. The fourth-order valence-electron chi connectivity index (χ4n) is 2.56. The van der Waals surface area contributed by atoms with Crippen LogP contribution < -0.4 is 4.74 Å². The zero-order valence-corrected chi connectivity index (χ0v) is 16.2. The topological polar surface area (TPSA) is 107 Å². The fourth-order valence-corrected chi connectivity index (χ4v) is 3.19. The highest BCUT2D eigenvalue weighted by Gasteiger charge is 2.23. The first-order valence-corrected chi connectivity index (χ1v) is 9.85. The number of methoxy groups -OCH3 is 1. The van der Waals surface area contributed by atoms with Crippen LogP contribution in [0.25, 0.3) is 0 Å². The first-order valence-electron chi connectivity index (χ1n) is 7.96. The van der Waals surface area contributed by atoms with Crippen LogP contribution in [0.15, 0.2) is 47.4 Å². The second-order valence-corrected chi connectivity index (χ2v) is 8.09. The maximum absolute atomic E-state index is 12.7. The number of nitro groups is 1. The summed E-state index contributed by atoms with van der Waals surface area (Å²) >= 11 is 0. The number of benzene rings is 2. The molecule has 0 unspecified atom stereocenters. The van der Waals surface area contributed by atoms with Gasteiger partial charge >= 0.3 is 5.69 Å². The third-order valence-corrected chi connectivity index (χ3v) is 5.44. The average Bonchev–Trinajstić information content (AvgIpc) is 2.65. The molecule has 0 saturated carbocycles. The third kappa shape index (κ3) is 4.43. The van der Waals surface area contributed by atoms with Gasteiger partial charge in [-0.05, 0) is 36.8 Å². The number of nitrogens with zero attached hydrogens (tertiary/aromatic N) is 2. The van der Waals surface area contributed by atoms with Crippen molar-refractivity contribution in [1.82, 2.24) is 4.90 Å². The maximum Gasteiger partial charge on any atom is 0.311 e. The van der Waals surface area contributed by atoms with E-state index in [9.17, 15) is 23.3 Å². The van der Waals surface area contributed by atoms with E-state index in [0.717, 1.165) is 11.8 Å². The minimum absolute atomic E-state index is 0.0728. The zero-order chi connectivity index (χ0) is 20.4. The summed E-state index contributed by atoms with van der Waals surface area (Å²) in [6.45, 7) is 1.78. The van der Waals surface area contributed by atoms with Gasteiger partial charge < -0.3 is 9.64 Å². The van der Waals surface area contributed by atoms with Crippen molar-refractivity contribution in [2.75, 3.05) is 20.4 Å². The molecule has 8 nitrogen and oxygen atoms in total. The van der Waals surface area contributed by atoms with Crippen molar-refractivity contribution in [3.8, 4) is 5.75 Å². The average molecular weight is 392 g/mol. The zero-order valence-electron chi connectivity index (χ0n) is 15.4. The van der Waals surface area contributed by atoms with E-state index in [-0.39, 0.29) is 27.9 Å². The normalized spacial score (nSPS) is 12.3. The highest BCUT2D eigenvalue weighted by Crippen LogP contribution is 2.29. The number of rotatable bonds is 6. The van der Waals surface area contributed by atoms with Gasteiger partial charge in [0.2, 0.25) is 0 Å². The molecule has 0 fully saturated rings. The summed E-state index contributed by atoms with van der Waals surface area (Å²) in [6.07, 6.45) is 1.12. The molecule has 144 valence electrons. The molecule has 0 radical (unpaired) electrons. The van der Waals surface area contributed by atoms with Crippen molar-refractivity contribution in [2.45, 2.75) is 17.9 Å². The van der Waals surface area contributed by atoms with Crippen LogP contribution in [0.5, 0.6) is 5.75 Å². The van der Waals surface area contributed by atoms with E-state index in [1.54, 1.807) is 26.1 Å². The van der Waals surface area contributed by atoms with Crippen LogP contribution in [0.3, 0.4) is 0 Å². The smallest absolute Gasteiger partial charge is 0.311 e. The van der Waals surface area contributed by atoms with Crippen molar-refractivity contribution in [2.24, 2.45) is 0 Å². The van der Waals surface area contributed by atoms with Gasteiger partial charge in [-0.1, -0.05) is 12.1 Å². The predicted octanol–water partition coefficient (Wildman–Crippen LogP) is 2.84. The Morgan fingerprint density at radius 1 is 1.19 bits per heavy atom. The molecule has 1 atom stereocenters. The first-order chi connectivity index (χ1) is 12.6. The molecule has 2 aromatic carbocycles. The summed E-state index contributed by atoms with van der Waals surface area (Å²) in [4.78, 5) is 24.9. The van der Waals surface area contributed by atoms with Gasteiger partial charge in [-0.25, -0.2) is 8.42 Å². The molecule has 9 heteroatoms. The quantitative estimate of drug-likeness (QED) is 0.553. The van der Waals surface area contributed by atoms with E-state index >= 15 is 0 Å². The number of nitro benzene ring substituents is 1. The molecule has 0 heterocycles. The molecule has 27 heavy (non-hydrogen) atoms.